The lowest BCUT2D eigenvalue weighted by atomic mass is 10.1. The van der Waals surface area contributed by atoms with Gasteiger partial charge in [-0.15, -0.1) is 0 Å². The van der Waals surface area contributed by atoms with Crippen molar-refractivity contribution >= 4 is 5.82 Å². The molecule has 0 saturated carbocycles. The molecule has 14 heavy (non-hydrogen) atoms. The van der Waals surface area contributed by atoms with Crippen molar-refractivity contribution < 1.29 is 4.39 Å². The Labute approximate surface area is 82.0 Å². The molecule has 1 fully saturated rings. The fourth-order valence-corrected chi connectivity index (χ4v) is 1.72. The number of rotatable bonds is 1. The molecule has 2 atom stereocenters. The molecule has 1 aromatic rings. The van der Waals surface area contributed by atoms with Gasteiger partial charge in [-0.2, -0.15) is 0 Å². The van der Waals surface area contributed by atoms with E-state index in [1.807, 2.05) is 4.90 Å². The summed E-state index contributed by atoms with van der Waals surface area (Å²) in [6, 6.07) is -0.110. The molecule has 0 aliphatic carbocycles. The highest BCUT2D eigenvalue weighted by Crippen LogP contribution is 2.17. The van der Waals surface area contributed by atoms with Crippen molar-refractivity contribution in [1.82, 2.24) is 9.97 Å². The summed E-state index contributed by atoms with van der Waals surface area (Å²) in [6.07, 6.45) is 4.41. The van der Waals surface area contributed by atoms with Crippen molar-refractivity contribution in [2.45, 2.75) is 18.6 Å². The number of anilines is 1. The molecule has 1 aromatic heterocycles. The minimum absolute atomic E-state index is 0.110. The molecule has 76 valence electrons. The Morgan fingerprint density at radius 3 is 2.93 bits per heavy atom. The molecule has 0 unspecified atom stereocenters. The van der Waals surface area contributed by atoms with E-state index in [-0.39, 0.29) is 6.04 Å². The average Bonchev–Trinajstić information content (AvgIpc) is 2.18. The molecule has 1 aliphatic heterocycles. The van der Waals surface area contributed by atoms with Crippen molar-refractivity contribution in [3.05, 3.63) is 18.6 Å². The van der Waals surface area contributed by atoms with Gasteiger partial charge in [0.2, 0.25) is 0 Å². The molecule has 0 bridgehead atoms. The Morgan fingerprint density at radius 1 is 1.43 bits per heavy atom. The van der Waals surface area contributed by atoms with Crippen LogP contribution >= 0.6 is 0 Å². The van der Waals surface area contributed by atoms with Gasteiger partial charge < -0.3 is 10.6 Å². The second kappa shape index (κ2) is 3.88. The van der Waals surface area contributed by atoms with Gasteiger partial charge >= 0.3 is 0 Å². The third-order valence-electron chi connectivity index (χ3n) is 2.31. The predicted molar refractivity (Wildman–Crippen MR) is 51.7 cm³/mol. The summed E-state index contributed by atoms with van der Waals surface area (Å²) in [5, 5.41) is 0. The monoisotopic (exact) mass is 196 g/mol. The van der Waals surface area contributed by atoms with E-state index >= 15 is 0 Å². The first-order valence-corrected chi connectivity index (χ1v) is 4.66. The third kappa shape index (κ3) is 1.98. The summed E-state index contributed by atoms with van der Waals surface area (Å²) in [7, 11) is 0. The molecular weight excluding hydrogens is 183 g/mol. The van der Waals surface area contributed by atoms with Crippen LogP contribution in [-0.2, 0) is 0 Å². The van der Waals surface area contributed by atoms with Crippen molar-refractivity contribution in [2.24, 2.45) is 5.73 Å². The first kappa shape index (κ1) is 9.33. The average molecular weight is 196 g/mol. The summed E-state index contributed by atoms with van der Waals surface area (Å²) in [4.78, 5) is 9.89. The second-order valence-electron chi connectivity index (χ2n) is 3.56. The van der Waals surface area contributed by atoms with E-state index < -0.39 is 6.17 Å². The lowest BCUT2D eigenvalue weighted by molar-refractivity contribution is 0.268. The first-order valence-electron chi connectivity index (χ1n) is 4.66. The van der Waals surface area contributed by atoms with Crippen molar-refractivity contribution in [2.75, 3.05) is 18.0 Å². The van der Waals surface area contributed by atoms with Gasteiger partial charge in [0.15, 0.2) is 0 Å². The number of nitrogens with zero attached hydrogens (tertiary/aromatic N) is 3. The molecule has 2 heterocycles. The van der Waals surface area contributed by atoms with Crippen LogP contribution in [0.1, 0.15) is 6.42 Å². The Balaban J connectivity index is 2.11. The quantitative estimate of drug-likeness (QED) is 0.704. The zero-order valence-corrected chi connectivity index (χ0v) is 7.81. The molecule has 1 saturated heterocycles. The first-order chi connectivity index (χ1) is 6.75. The van der Waals surface area contributed by atoms with Crippen LogP contribution < -0.4 is 10.6 Å². The molecule has 2 N–H and O–H groups in total. The van der Waals surface area contributed by atoms with Crippen LogP contribution in [-0.4, -0.2) is 35.3 Å². The Morgan fingerprint density at radius 2 is 2.29 bits per heavy atom. The number of hydrogen-bond donors (Lipinski definition) is 1. The normalized spacial score (nSPS) is 27.7. The van der Waals surface area contributed by atoms with E-state index in [2.05, 4.69) is 9.97 Å². The van der Waals surface area contributed by atoms with E-state index in [0.717, 1.165) is 0 Å². The highest BCUT2D eigenvalue weighted by molar-refractivity contribution is 5.36. The van der Waals surface area contributed by atoms with Crippen LogP contribution in [0.4, 0.5) is 10.2 Å². The smallest absolute Gasteiger partial charge is 0.147 e. The molecule has 0 spiro atoms. The second-order valence-corrected chi connectivity index (χ2v) is 3.56. The van der Waals surface area contributed by atoms with Crippen molar-refractivity contribution in [1.29, 1.82) is 0 Å². The molecule has 1 aliphatic rings. The van der Waals surface area contributed by atoms with E-state index in [0.29, 0.717) is 25.3 Å². The predicted octanol–water partition coefficient (Wildman–Crippen LogP) is 0.352. The summed E-state index contributed by atoms with van der Waals surface area (Å²) < 4.78 is 13.2. The largest absolute Gasteiger partial charge is 0.351 e. The van der Waals surface area contributed by atoms with Crippen LogP contribution in [0.15, 0.2) is 18.6 Å². The zero-order chi connectivity index (χ0) is 9.97. The fourth-order valence-electron chi connectivity index (χ4n) is 1.72. The minimum Gasteiger partial charge on any atom is -0.351 e. The van der Waals surface area contributed by atoms with Crippen molar-refractivity contribution in [3.63, 3.8) is 0 Å². The van der Waals surface area contributed by atoms with Crippen molar-refractivity contribution in [3.8, 4) is 0 Å². The Hall–Kier alpha value is -1.23. The molecule has 0 aromatic carbocycles. The molecule has 4 nitrogen and oxygen atoms in total. The fraction of sp³-hybridized carbons (Fsp3) is 0.556. The molecular formula is C9H13FN4. The molecule has 5 heteroatoms. The summed E-state index contributed by atoms with van der Waals surface area (Å²) in [5.74, 6) is 0.699. The zero-order valence-electron chi connectivity index (χ0n) is 7.81. The lowest BCUT2D eigenvalue weighted by Crippen LogP contribution is -2.48. The topological polar surface area (TPSA) is 55.0 Å². The molecule has 0 radical (unpaired) electrons. The van der Waals surface area contributed by atoms with Gasteiger partial charge in [-0.05, 0) is 6.42 Å². The van der Waals surface area contributed by atoms with E-state index in [1.54, 1.807) is 18.6 Å². The van der Waals surface area contributed by atoms with Crippen LogP contribution in [0.2, 0.25) is 0 Å². The number of hydrogen-bond acceptors (Lipinski definition) is 4. The van der Waals surface area contributed by atoms with Gasteiger partial charge in [0.05, 0.1) is 12.7 Å². The van der Waals surface area contributed by atoms with E-state index in [4.69, 9.17) is 5.73 Å². The minimum atomic E-state index is -0.860. The van der Waals surface area contributed by atoms with Crippen LogP contribution in [0, 0.1) is 0 Å². The number of aromatic nitrogens is 2. The highest BCUT2D eigenvalue weighted by atomic mass is 19.1. The Kier molecular flexibility index (Phi) is 2.58. The summed E-state index contributed by atoms with van der Waals surface area (Å²) >= 11 is 0. The standard InChI is InChI=1S/C9H13FN4/c10-7-3-8(11)6-14(5-7)9-4-12-1-2-13-9/h1-2,4,7-8H,3,5-6,11H2/t7-,8-/m0/s1. The van der Waals surface area contributed by atoms with E-state index in [1.165, 1.54) is 0 Å². The maximum atomic E-state index is 13.2. The number of nitrogens with two attached hydrogens (primary N) is 1. The van der Waals surface area contributed by atoms with Gasteiger partial charge in [0.25, 0.3) is 0 Å². The number of piperidine rings is 1. The summed E-state index contributed by atoms with van der Waals surface area (Å²) in [6.45, 7) is 1.02. The Bertz CT molecular complexity index is 282. The van der Waals surface area contributed by atoms with Crippen LogP contribution in [0.3, 0.4) is 0 Å². The molecule has 0 amide bonds. The van der Waals surface area contributed by atoms with Gasteiger partial charge in [0.1, 0.15) is 12.0 Å². The van der Waals surface area contributed by atoms with Gasteiger partial charge in [-0.3, -0.25) is 4.98 Å². The van der Waals surface area contributed by atoms with Gasteiger partial charge in [-0.1, -0.05) is 0 Å². The van der Waals surface area contributed by atoms with Gasteiger partial charge in [0, 0.05) is 25.0 Å². The maximum Gasteiger partial charge on any atom is 0.147 e. The summed E-state index contributed by atoms with van der Waals surface area (Å²) in [5.41, 5.74) is 5.72. The number of alkyl halides is 1. The maximum absolute atomic E-state index is 13.2. The lowest BCUT2D eigenvalue weighted by Gasteiger charge is -2.33. The van der Waals surface area contributed by atoms with E-state index in [9.17, 15) is 4.39 Å². The van der Waals surface area contributed by atoms with Gasteiger partial charge in [-0.25, -0.2) is 9.37 Å². The SMILES string of the molecule is N[C@H]1C[C@H](F)CN(c2cnccn2)C1. The highest BCUT2D eigenvalue weighted by Gasteiger charge is 2.25. The molecule has 2 rings (SSSR count). The van der Waals surface area contributed by atoms with Crippen LogP contribution in [0.5, 0.6) is 0 Å². The van der Waals surface area contributed by atoms with Crippen LogP contribution in [0.25, 0.3) is 0 Å². The third-order valence-corrected chi connectivity index (χ3v) is 2.31. The number of halogens is 1.